The van der Waals surface area contributed by atoms with Gasteiger partial charge in [-0.25, -0.2) is 0 Å². The number of esters is 1. The molecule has 124 valence electrons. The Bertz CT molecular complexity index is 458. The SMILES string of the molecule is CCCCCC(CC)OC(=O)C(C)(CO)c1ccc(Cl)cc1. The Balaban J connectivity index is 2.79. The van der Waals surface area contributed by atoms with E-state index in [-0.39, 0.29) is 18.7 Å². The van der Waals surface area contributed by atoms with Crippen LogP contribution >= 0.6 is 11.6 Å². The number of hydrogen-bond donors (Lipinski definition) is 1. The van der Waals surface area contributed by atoms with Gasteiger partial charge in [0.1, 0.15) is 11.5 Å². The molecule has 2 unspecified atom stereocenters. The molecule has 1 aromatic rings. The maximum Gasteiger partial charge on any atom is 0.318 e. The Hall–Kier alpha value is -1.06. The van der Waals surface area contributed by atoms with E-state index in [0.717, 1.165) is 32.1 Å². The summed E-state index contributed by atoms with van der Waals surface area (Å²) in [5.74, 6) is -0.374. The van der Waals surface area contributed by atoms with E-state index in [1.807, 2.05) is 6.92 Å². The molecule has 2 atom stereocenters. The van der Waals surface area contributed by atoms with E-state index in [2.05, 4.69) is 6.92 Å². The zero-order valence-corrected chi connectivity index (χ0v) is 14.5. The number of aliphatic hydroxyl groups excluding tert-OH is 1. The van der Waals surface area contributed by atoms with Crippen LogP contribution in [-0.2, 0) is 14.9 Å². The normalized spacial score (nSPS) is 15.1. The van der Waals surface area contributed by atoms with E-state index < -0.39 is 5.41 Å². The van der Waals surface area contributed by atoms with Crippen molar-refractivity contribution in [3.63, 3.8) is 0 Å². The second-order valence-electron chi connectivity index (χ2n) is 5.93. The molecule has 4 heteroatoms. The van der Waals surface area contributed by atoms with E-state index in [9.17, 15) is 9.90 Å². The number of carbonyl (C=O) groups is 1. The van der Waals surface area contributed by atoms with E-state index in [0.29, 0.717) is 10.6 Å². The summed E-state index contributed by atoms with van der Waals surface area (Å²) in [6, 6.07) is 6.96. The van der Waals surface area contributed by atoms with Gasteiger partial charge in [0.05, 0.1) is 6.61 Å². The first kappa shape index (κ1) is 19.0. The Morgan fingerprint density at radius 2 is 1.91 bits per heavy atom. The van der Waals surface area contributed by atoms with Crippen molar-refractivity contribution < 1.29 is 14.6 Å². The van der Waals surface area contributed by atoms with Crippen molar-refractivity contribution in [2.24, 2.45) is 0 Å². The van der Waals surface area contributed by atoms with Crippen LogP contribution in [0.15, 0.2) is 24.3 Å². The number of ether oxygens (including phenoxy) is 1. The number of rotatable bonds is 9. The number of unbranched alkanes of at least 4 members (excludes halogenated alkanes) is 2. The maximum absolute atomic E-state index is 12.6. The molecule has 1 aromatic carbocycles. The summed E-state index contributed by atoms with van der Waals surface area (Å²) in [6.45, 7) is 5.58. The first-order valence-corrected chi connectivity index (χ1v) is 8.43. The molecule has 0 aliphatic rings. The Kier molecular flexibility index (Phi) is 7.91. The highest BCUT2D eigenvalue weighted by atomic mass is 35.5. The molecule has 0 aliphatic heterocycles. The summed E-state index contributed by atoms with van der Waals surface area (Å²) in [7, 11) is 0. The summed E-state index contributed by atoms with van der Waals surface area (Å²) in [5, 5.41) is 10.3. The first-order chi connectivity index (χ1) is 10.5. The summed E-state index contributed by atoms with van der Waals surface area (Å²) in [5.41, 5.74) is -0.337. The quantitative estimate of drug-likeness (QED) is 0.537. The van der Waals surface area contributed by atoms with Crippen molar-refractivity contribution in [1.82, 2.24) is 0 Å². The van der Waals surface area contributed by atoms with Gasteiger partial charge in [-0.3, -0.25) is 4.79 Å². The molecule has 1 rings (SSSR count). The van der Waals surface area contributed by atoms with Crippen molar-refractivity contribution in [3.05, 3.63) is 34.9 Å². The summed E-state index contributed by atoms with van der Waals surface area (Å²) in [4.78, 5) is 12.6. The second-order valence-corrected chi connectivity index (χ2v) is 6.36. The van der Waals surface area contributed by atoms with Crippen LogP contribution in [0.3, 0.4) is 0 Å². The summed E-state index contributed by atoms with van der Waals surface area (Å²) in [6.07, 6.45) is 4.91. The van der Waals surface area contributed by atoms with Gasteiger partial charge in [0.2, 0.25) is 0 Å². The summed E-state index contributed by atoms with van der Waals surface area (Å²) >= 11 is 5.88. The van der Waals surface area contributed by atoms with Crippen molar-refractivity contribution in [3.8, 4) is 0 Å². The molecular weight excluding hydrogens is 300 g/mol. The molecule has 0 heterocycles. The van der Waals surface area contributed by atoms with Crippen LogP contribution in [0.2, 0.25) is 5.02 Å². The van der Waals surface area contributed by atoms with Crippen LogP contribution in [-0.4, -0.2) is 23.8 Å². The lowest BCUT2D eigenvalue weighted by molar-refractivity contribution is -0.157. The lowest BCUT2D eigenvalue weighted by Crippen LogP contribution is -2.40. The molecule has 0 amide bonds. The van der Waals surface area contributed by atoms with Crippen molar-refractivity contribution in [2.45, 2.75) is 64.4 Å². The van der Waals surface area contributed by atoms with Crippen LogP contribution in [0, 0.1) is 0 Å². The molecule has 0 spiro atoms. The van der Waals surface area contributed by atoms with Gasteiger partial charge in [0.15, 0.2) is 0 Å². The van der Waals surface area contributed by atoms with Gasteiger partial charge >= 0.3 is 5.97 Å². The van der Waals surface area contributed by atoms with Gasteiger partial charge in [-0.05, 0) is 43.9 Å². The van der Waals surface area contributed by atoms with Crippen molar-refractivity contribution in [2.75, 3.05) is 6.61 Å². The predicted octanol–water partition coefficient (Wildman–Crippen LogP) is 4.49. The first-order valence-electron chi connectivity index (χ1n) is 8.05. The lowest BCUT2D eigenvalue weighted by Gasteiger charge is -2.28. The van der Waals surface area contributed by atoms with Gasteiger partial charge in [0, 0.05) is 5.02 Å². The minimum absolute atomic E-state index is 0.0859. The smallest absolute Gasteiger partial charge is 0.318 e. The molecule has 0 saturated heterocycles. The van der Waals surface area contributed by atoms with Gasteiger partial charge in [-0.1, -0.05) is 50.4 Å². The number of carbonyl (C=O) groups excluding carboxylic acids is 1. The second kappa shape index (κ2) is 9.16. The van der Waals surface area contributed by atoms with Gasteiger partial charge in [0.25, 0.3) is 0 Å². The Morgan fingerprint density at radius 1 is 1.27 bits per heavy atom. The van der Waals surface area contributed by atoms with Crippen molar-refractivity contribution in [1.29, 1.82) is 0 Å². The van der Waals surface area contributed by atoms with Gasteiger partial charge in [-0.2, -0.15) is 0 Å². The predicted molar refractivity (Wildman–Crippen MR) is 90.2 cm³/mol. The largest absolute Gasteiger partial charge is 0.462 e. The average Bonchev–Trinajstić information content (AvgIpc) is 2.53. The van der Waals surface area contributed by atoms with E-state index in [1.165, 1.54) is 0 Å². The third kappa shape index (κ3) is 4.99. The highest BCUT2D eigenvalue weighted by molar-refractivity contribution is 6.30. The zero-order valence-electron chi connectivity index (χ0n) is 13.8. The number of benzene rings is 1. The van der Waals surface area contributed by atoms with Gasteiger partial charge in [-0.15, -0.1) is 0 Å². The highest BCUT2D eigenvalue weighted by Gasteiger charge is 2.37. The molecule has 0 aliphatic carbocycles. The maximum atomic E-state index is 12.6. The van der Waals surface area contributed by atoms with Crippen LogP contribution in [0.4, 0.5) is 0 Å². The Labute approximate surface area is 138 Å². The number of aliphatic hydroxyl groups is 1. The molecule has 22 heavy (non-hydrogen) atoms. The van der Waals surface area contributed by atoms with E-state index in [4.69, 9.17) is 16.3 Å². The third-order valence-electron chi connectivity index (χ3n) is 4.11. The molecule has 0 radical (unpaired) electrons. The van der Waals surface area contributed by atoms with Crippen molar-refractivity contribution >= 4 is 17.6 Å². The summed E-state index contributed by atoms with van der Waals surface area (Å²) < 4.78 is 5.66. The third-order valence-corrected chi connectivity index (χ3v) is 4.36. The minimum Gasteiger partial charge on any atom is -0.462 e. The highest BCUT2D eigenvalue weighted by Crippen LogP contribution is 2.27. The topological polar surface area (TPSA) is 46.5 Å². The molecule has 3 nitrogen and oxygen atoms in total. The van der Waals surface area contributed by atoms with Crippen LogP contribution in [0.5, 0.6) is 0 Å². The van der Waals surface area contributed by atoms with Crippen LogP contribution < -0.4 is 0 Å². The van der Waals surface area contributed by atoms with E-state index >= 15 is 0 Å². The Morgan fingerprint density at radius 3 is 2.41 bits per heavy atom. The molecule has 0 aromatic heterocycles. The lowest BCUT2D eigenvalue weighted by atomic mass is 9.83. The van der Waals surface area contributed by atoms with E-state index in [1.54, 1.807) is 31.2 Å². The average molecular weight is 327 g/mol. The molecular formula is C18H27ClO3. The fourth-order valence-electron chi connectivity index (χ4n) is 2.34. The van der Waals surface area contributed by atoms with Crippen LogP contribution in [0.25, 0.3) is 0 Å². The van der Waals surface area contributed by atoms with Crippen LogP contribution in [0.1, 0.15) is 58.4 Å². The fourth-order valence-corrected chi connectivity index (χ4v) is 2.47. The monoisotopic (exact) mass is 326 g/mol. The number of halogens is 1. The minimum atomic E-state index is -1.05. The molecule has 0 bridgehead atoms. The standard InChI is InChI=1S/C18H27ClO3/c1-4-6-7-8-16(5-2)22-17(21)18(3,13-20)14-9-11-15(19)12-10-14/h9-12,16,20H,4-8,13H2,1-3H3. The number of hydrogen-bond acceptors (Lipinski definition) is 3. The van der Waals surface area contributed by atoms with Gasteiger partial charge < -0.3 is 9.84 Å². The fraction of sp³-hybridized carbons (Fsp3) is 0.611. The zero-order chi connectivity index (χ0) is 16.6. The molecule has 1 N–H and O–H groups in total. The molecule has 0 fully saturated rings. The molecule has 0 saturated carbocycles.